The molecular formula is C22H27Cl2N5O4. The van der Waals surface area contributed by atoms with Crippen LogP contribution in [0.15, 0.2) is 27.8 Å². The fraction of sp³-hybridized carbons (Fsp3) is 0.500. The maximum absolute atomic E-state index is 13.0. The van der Waals surface area contributed by atoms with Gasteiger partial charge in [-0.15, -0.1) is 0 Å². The van der Waals surface area contributed by atoms with Gasteiger partial charge in [-0.05, 0) is 37.0 Å². The summed E-state index contributed by atoms with van der Waals surface area (Å²) in [5, 5.41) is 11.6. The normalized spacial score (nSPS) is 17.5. The Morgan fingerprint density at radius 3 is 2.70 bits per heavy atom. The SMILES string of the molecule is C[C@@H]1CCCN(c2nc3c(c(=O)n(C)c(=O)n3C)n2C[C@@H](O)COc2ccc(Cl)cc2Cl)C1. The number of benzene rings is 1. The molecule has 1 aliphatic heterocycles. The van der Waals surface area contributed by atoms with Crippen LogP contribution in [0.4, 0.5) is 5.95 Å². The van der Waals surface area contributed by atoms with Crippen molar-refractivity contribution in [1.29, 1.82) is 0 Å². The number of imidazole rings is 1. The molecular weight excluding hydrogens is 469 g/mol. The van der Waals surface area contributed by atoms with Crippen LogP contribution in [0, 0.1) is 5.92 Å². The van der Waals surface area contributed by atoms with Crippen LogP contribution in [0.1, 0.15) is 19.8 Å². The first-order chi connectivity index (χ1) is 15.7. The number of rotatable bonds is 6. The molecule has 0 saturated carbocycles. The molecule has 1 aromatic carbocycles. The number of anilines is 1. The number of aliphatic hydroxyl groups excluding tert-OH is 1. The van der Waals surface area contributed by atoms with E-state index in [9.17, 15) is 14.7 Å². The molecule has 2 aromatic heterocycles. The van der Waals surface area contributed by atoms with Gasteiger partial charge in [-0.3, -0.25) is 13.9 Å². The van der Waals surface area contributed by atoms with Gasteiger partial charge in [-0.1, -0.05) is 30.1 Å². The Morgan fingerprint density at radius 2 is 2.00 bits per heavy atom. The fourth-order valence-electron chi connectivity index (χ4n) is 4.26. The smallest absolute Gasteiger partial charge is 0.332 e. The highest BCUT2D eigenvalue weighted by molar-refractivity contribution is 6.35. The molecule has 1 fully saturated rings. The summed E-state index contributed by atoms with van der Waals surface area (Å²) >= 11 is 12.1. The van der Waals surface area contributed by atoms with Gasteiger partial charge in [0.05, 0.1) is 11.6 Å². The Bertz CT molecular complexity index is 1300. The molecule has 11 heteroatoms. The predicted molar refractivity (Wildman–Crippen MR) is 129 cm³/mol. The summed E-state index contributed by atoms with van der Waals surface area (Å²) in [4.78, 5) is 32.3. The molecule has 0 aliphatic carbocycles. The Kier molecular flexibility index (Phi) is 6.74. The molecule has 0 amide bonds. The first-order valence-corrected chi connectivity index (χ1v) is 11.6. The zero-order valence-corrected chi connectivity index (χ0v) is 20.3. The Labute approximate surface area is 200 Å². The lowest BCUT2D eigenvalue weighted by Crippen LogP contribution is -2.39. The van der Waals surface area contributed by atoms with Crippen LogP contribution in [-0.2, 0) is 20.6 Å². The summed E-state index contributed by atoms with van der Waals surface area (Å²) in [6.07, 6.45) is 1.16. The molecule has 178 valence electrons. The Hall–Kier alpha value is -2.49. The first kappa shape index (κ1) is 23.7. The van der Waals surface area contributed by atoms with Crippen LogP contribution < -0.4 is 20.9 Å². The summed E-state index contributed by atoms with van der Waals surface area (Å²) < 4.78 is 9.80. The predicted octanol–water partition coefficient (Wildman–Crippen LogP) is 2.42. The molecule has 9 nitrogen and oxygen atoms in total. The van der Waals surface area contributed by atoms with Gasteiger partial charge in [-0.25, -0.2) is 4.79 Å². The number of fused-ring (bicyclic) bond motifs is 1. The lowest BCUT2D eigenvalue weighted by Gasteiger charge is -2.32. The van der Waals surface area contributed by atoms with E-state index in [1.807, 2.05) is 0 Å². The second-order valence-corrected chi connectivity index (χ2v) is 9.48. The second-order valence-electron chi connectivity index (χ2n) is 8.63. The number of piperidine rings is 1. The van der Waals surface area contributed by atoms with Crippen molar-refractivity contribution in [2.45, 2.75) is 32.4 Å². The topological polar surface area (TPSA) is 94.5 Å². The van der Waals surface area contributed by atoms with E-state index in [4.69, 9.17) is 27.9 Å². The van der Waals surface area contributed by atoms with Crippen LogP contribution in [0.5, 0.6) is 5.75 Å². The fourth-order valence-corrected chi connectivity index (χ4v) is 4.73. The van der Waals surface area contributed by atoms with Crippen molar-refractivity contribution in [2.75, 3.05) is 24.6 Å². The van der Waals surface area contributed by atoms with Gasteiger partial charge in [0, 0.05) is 32.2 Å². The van der Waals surface area contributed by atoms with E-state index in [0.29, 0.717) is 33.3 Å². The maximum Gasteiger partial charge on any atom is 0.332 e. The number of ether oxygens (including phenoxy) is 1. The number of halogens is 2. The van der Waals surface area contributed by atoms with E-state index in [1.165, 1.54) is 11.6 Å². The molecule has 3 heterocycles. The van der Waals surface area contributed by atoms with Crippen LogP contribution in [-0.4, -0.2) is 49.6 Å². The highest BCUT2D eigenvalue weighted by Crippen LogP contribution is 2.28. The number of hydrogen-bond donors (Lipinski definition) is 1. The van der Waals surface area contributed by atoms with Crippen molar-refractivity contribution in [3.05, 3.63) is 49.1 Å². The summed E-state index contributed by atoms with van der Waals surface area (Å²) in [5.41, 5.74) is -0.329. The summed E-state index contributed by atoms with van der Waals surface area (Å²) in [7, 11) is 3.03. The molecule has 1 N–H and O–H groups in total. The summed E-state index contributed by atoms with van der Waals surface area (Å²) in [6, 6.07) is 4.85. The Balaban J connectivity index is 1.70. The molecule has 2 atom stereocenters. The van der Waals surface area contributed by atoms with Crippen molar-refractivity contribution in [1.82, 2.24) is 18.7 Å². The van der Waals surface area contributed by atoms with E-state index < -0.39 is 17.4 Å². The van der Waals surface area contributed by atoms with Crippen molar-refractivity contribution >= 4 is 40.3 Å². The minimum absolute atomic E-state index is 0.0526. The molecule has 33 heavy (non-hydrogen) atoms. The van der Waals surface area contributed by atoms with Crippen LogP contribution >= 0.6 is 23.2 Å². The lowest BCUT2D eigenvalue weighted by atomic mass is 10.0. The standard InChI is InChI=1S/C22H27Cl2N5O4/c1-13-5-4-8-28(10-13)21-25-19-18(20(31)27(3)22(32)26(19)2)29(21)11-15(30)12-33-17-7-6-14(23)9-16(17)24/h6-7,9,13,15,30H,4-5,8,10-12H2,1-3H3/t13-,15-/m1/s1. The number of aryl methyl sites for hydroxylation is 1. The van der Waals surface area contributed by atoms with Gasteiger partial charge >= 0.3 is 5.69 Å². The zero-order chi connectivity index (χ0) is 23.9. The van der Waals surface area contributed by atoms with Crippen molar-refractivity contribution < 1.29 is 9.84 Å². The monoisotopic (exact) mass is 495 g/mol. The first-order valence-electron chi connectivity index (χ1n) is 10.8. The van der Waals surface area contributed by atoms with Gasteiger partial charge in [0.1, 0.15) is 18.5 Å². The third kappa shape index (κ3) is 4.62. The third-order valence-corrected chi connectivity index (χ3v) is 6.52. The maximum atomic E-state index is 13.0. The lowest BCUT2D eigenvalue weighted by molar-refractivity contribution is 0.0936. The average molecular weight is 496 g/mol. The van der Waals surface area contributed by atoms with E-state index in [2.05, 4.69) is 16.8 Å². The van der Waals surface area contributed by atoms with Crippen LogP contribution in [0.2, 0.25) is 10.0 Å². The summed E-state index contributed by atoms with van der Waals surface area (Å²) in [6.45, 7) is 3.75. The molecule has 0 radical (unpaired) electrons. The second kappa shape index (κ2) is 9.40. The van der Waals surface area contributed by atoms with Gasteiger partial charge in [0.15, 0.2) is 11.2 Å². The minimum Gasteiger partial charge on any atom is -0.489 e. The molecule has 4 rings (SSSR count). The van der Waals surface area contributed by atoms with E-state index >= 15 is 0 Å². The van der Waals surface area contributed by atoms with Gasteiger partial charge in [0.2, 0.25) is 5.95 Å². The molecule has 0 spiro atoms. The van der Waals surface area contributed by atoms with Gasteiger partial charge in [-0.2, -0.15) is 4.98 Å². The van der Waals surface area contributed by atoms with Crippen molar-refractivity contribution in [3.63, 3.8) is 0 Å². The van der Waals surface area contributed by atoms with Crippen LogP contribution in [0.25, 0.3) is 11.2 Å². The van der Waals surface area contributed by atoms with Gasteiger partial charge in [0.25, 0.3) is 5.56 Å². The van der Waals surface area contributed by atoms with Crippen molar-refractivity contribution in [2.24, 2.45) is 20.0 Å². The molecule has 1 aliphatic rings. The van der Waals surface area contributed by atoms with Crippen LogP contribution in [0.3, 0.4) is 0 Å². The number of hydrogen-bond acceptors (Lipinski definition) is 6. The van der Waals surface area contributed by atoms with E-state index in [-0.39, 0.29) is 18.7 Å². The highest BCUT2D eigenvalue weighted by atomic mass is 35.5. The third-order valence-electron chi connectivity index (χ3n) is 5.99. The quantitative estimate of drug-likeness (QED) is 0.564. The van der Waals surface area contributed by atoms with E-state index in [0.717, 1.165) is 30.5 Å². The van der Waals surface area contributed by atoms with Crippen molar-refractivity contribution in [3.8, 4) is 5.75 Å². The number of aromatic nitrogens is 4. The highest BCUT2D eigenvalue weighted by Gasteiger charge is 2.27. The molecule has 3 aromatic rings. The minimum atomic E-state index is -0.961. The molecule has 0 bridgehead atoms. The zero-order valence-electron chi connectivity index (χ0n) is 18.8. The summed E-state index contributed by atoms with van der Waals surface area (Å²) in [5.74, 6) is 1.44. The average Bonchev–Trinajstić information content (AvgIpc) is 3.15. The Morgan fingerprint density at radius 1 is 1.24 bits per heavy atom. The number of nitrogens with zero attached hydrogens (tertiary/aromatic N) is 5. The number of aliphatic hydroxyl groups is 1. The van der Waals surface area contributed by atoms with E-state index in [1.54, 1.807) is 29.8 Å². The van der Waals surface area contributed by atoms with Gasteiger partial charge < -0.3 is 19.3 Å². The molecule has 1 saturated heterocycles. The largest absolute Gasteiger partial charge is 0.489 e. The molecule has 0 unspecified atom stereocenters.